The number of alkyl halides is 6. The number of carboxylic acids is 1. The number of aliphatic carboxylic acids is 1. The normalized spacial score (nSPS) is 15.6. The first-order valence-electron chi connectivity index (χ1n) is 5.80. The highest BCUT2D eigenvalue weighted by atomic mass is 19.4. The van der Waals surface area contributed by atoms with Crippen LogP contribution in [0.15, 0.2) is 18.2 Å². The Balaban J connectivity index is 0.000000295. The minimum absolute atomic E-state index is 0.151. The Kier molecular flexibility index (Phi) is 5.39. The van der Waals surface area contributed by atoms with E-state index in [0.29, 0.717) is 19.2 Å². The molecule has 0 amide bonds. The quantitative estimate of drug-likeness (QED) is 0.776. The van der Waals surface area contributed by atoms with E-state index in [1.54, 1.807) is 0 Å². The van der Waals surface area contributed by atoms with Gasteiger partial charge in [0.1, 0.15) is 5.82 Å². The molecule has 3 nitrogen and oxygen atoms in total. The van der Waals surface area contributed by atoms with Crippen molar-refractivity contribution < 1.29 is 40.6 Å². The summed E-state index contributed by atoms with van der Waals surface area (Å²) < 4.78 is 82.2. The van der Waals surface area contributed by atoms with Crippen molar-refractivity contribution in [2.75, 3.05) is 13.1 Å². The first-order chi connectivity index (χ1) is 9.93. The van der Waals surface area contributed by atoms with E-state index in [1.165, 1.54) is 6.07 Å². The van der Waals surface area contributed by atoms with Crippen LogP contribution in [0, 0.1) is 5.82 Å². The summed E-state index contributed by atoms with van der Waals surface area (Å²) >= 11 is 0. The Morgan fingerprint density at radius 3 is 1.95 bits per heavy atom. The monoisotopic (exact) mass is 333 g/mol. The highest BCUT2D eigenvalue weighted by Gasteiger charge is 2.38. The van der Waals surface area contributed by atoms with Gasteiger partial charge in [-0.1, -0.05) is 6.07 Å². The van der Waals surface area contributed by atoms with Crippen molar-refractivity contribution in [2.24, 2.45) is 0 Å². The van der Waals surface area contributed by atoms with Crippen LogP contribution in [0.4, 0.5) is 30.7 Å². The molecule has 2 rings (SSSR count). The number of halogens is 7. The van der Waals surface area contributed by atoms with Crippen molar-refractivity contribution >= 4 is 5.97 Å². The second kappa shape index (κ2) is 6.51. The van der Waals surface area contributed by atoms with Crippen molar-refractivity contribution in [3.8, 4) is 0 Å². The highest BCUT2D eigenvalue weighted by molar-refractivity contribution is 5.73. The molecular weight excluding hydrogens is 323 g/mol. The molecule has 0 unspecified atom stereocenters. The van der Waals surface area contributed by atoms with Gasteiger partial charge >= 0.3 is 18.3 Å². The van der Waals surface area contributed by atoms with Crippen LogP contribution in [0.5, 0.6) is 0 Å². The van der Waals surface area contributed by atoms with Crippen LogP contribution in [0.1, 0.15) is 17.0 Å². The average molecular weight is 333 g/mol. The maximum atomic E-state index is 12.7. The van der Waals surface area contributed by atoms with Gasteiger partial charge < -0.3 is 10.4 Å². The standard InChI is InChI=1S/C10H9F4N.C2HF3O2/c11-7-1-2-8(6-4-15-5-6)9(3-7)10(12,13)14;3-2(4,5)1(6)7/h1-3,6,15H,4-5H2;(H,6,7). The summed E-state index contributed by atoms with van der Waals surface area (Å²) in [6, 6.07) is 2.86. The molecular formula is C12H10F7NO2. The maximum Gasteiger partial charge on any atom is 0.490 e. The van der Waals surface area contributed by atoms with E-state index >= 15 is 0 Å². The molecule has 22 heavy (non-hydrogen) atoms. The lowest BCUT2D eigenvalue weighted by Gasteiger charge is -2.29. The van der Waals surface area contributed by atoms with Gasteiger partial charge in [-0.15, -0.1) is 0 Å². The second-order valence-electron chi connectivity index (χ2n) is 4.39. The summed E-state index contributed by atoms with van der Waals surface area (Å²) in [5.74, 6) is -3.76. The average Bonchev–Trinajstić information content (AvgIpc) is 2.27. The minimum atomic E-state index is -5.08. The van der Waals surface area contributed by atoms with Crippen molar-refractivity contribution in [1.29, 1.82) is 0 Å². The Morgan fingerprint density at radius 1 is 1.14 bits per heavy atom. The lowest BCUT2D eigenvalue weighted by Crippen LogP contribution is -2.40. The molecule has 0 aliphatic carbocycles. The van der Waals surface area contributed by atoms with Crippen LogP contribution < -0.4 is 5.32 Å². The topological polar surface area (TPSA) is 49.3 Å². The number of hydrogen-bond donors (Lipinski definition) is 2. The van der Waals surface area contributed by atoms with Gasteiger partial charge in [-0.3, -0.25) is 0 Å². The zero-order chi connectivity index (χ0) is 17.1. The first kappa shape index (κ1) is 18.2. The van der Waals surface area contributed by atoms with Gasteiger partial charge in [0.25, 0.3) is 0 Å². The minimum Gasteiger partial charge on any atom is -0.475 e. The van der Waals surface area contributed by atoms with Crippen molar-refractivity contribution in [1.82, 2.24) is 5.32 Å². The Morgan fingerprint density at radius 2 is 1.64 bits per heavy atom. The molecule has 1 aromatic carbocycles. The summed E-state index contributed by atoms with van der Waals surface area (Å²) in [6.07, 6.45) is -9.56. The summed E-state index contributed by atoms with van der Waals surface area (Å²) in [5, 5.41) is 10.0. The number of hydrogen-bond acceptors (Lipinski definition) is 2. The molecule has 1 aliphatic heterocycles. The summed E-state index contributed by atoms with van der Waals surface area (Å²) in [5.41, 5.74) is -0.670. The van der Waals surface area contributed by atoms with Crippen LogP contribution in [0.3, 0.4) is 0 Å². The number of benzene rings is 1. The molecule has 124 valence electrons. The van der Waals surface area contributed by atoms with Gasteiger partial charge in [-0.25, -0.2) is 9.18 Å². The predicted octanol–water partition coefficient (Wildman–Crippen LogP) is 3.16. The van der Waals surface area contributed by atoms with E-state index in [-0.39, 0.29) is 11.5 Å². The smallest absolute Gasteiger partial charge is 0.475 e. The van der Waals surface area contributed by atoms with Gasteiger partial charge in [0.05, 0.1) is 5.56 Å². The van der Waals surface area contributed by atoms with Crippen LogP contribution in [0.25, 0.3) is 0 Å². The molecule has 1 saturated heterocycles. The van der Waals surface area contributed by atoms with Crippen LogP contribution in [-0.4, -0.2) is 30.3 Å². The van der Waals surface area contributed by atoms with Crippen LogP contribution >= 0.6 is 0 Å². The van der Waals surface area contributed by atoms with E-state index in [4.69, 9.17) is 9.90 Å². The van der Waals surface area contributed by atoms with Gasteiger partial charge in [0, 0.05) is 19.0 Å². The Hall–Kier alpha value is -1.84. The lowest BCUT2D eigenvalue weighted by molar-refractivity contribution is -0.192. The lowest BCUT2D eigenvalue weighted by atomic mass is 9.89. The molecule has 0 aromatic heterocycles. The summed E-state index contributed by atoms with van der Waals surface area (Å²) in [6.45, 7) is 1.05. The van der Waals surface area contributed by atoms with Crippen molar-refractivity contribution in [3.63, 3.8) is 0 Å². The molecule has 1 aromatic rings. The van der Waals surface area contributed by atoms with Gasteiger partial charge in [-0.2, -0.15) is 26.3 Å². The molecule has 1 heterocycles. The largest absolute Gasteiger partial charge is 0.490 e. The van der Waals surface area contributed by atoms with E-state index in [1.807, 2.05) is 0 Å². The zero-order valence-corrected chi connectivity index (χ0v) is 10.7. The number of rotatable bonds is 1. The first-order valence-corrected chi connectivity index (χ1v) is 5.80. The van der Waals surface area contributed by atoms with Crippen molar-refractivity contribution in [2.45, 2.75) is 18.3 Å². The fourth-order valence-corrected chi connectivity index (χ4v) is 1.64. The molecule has 0 spiro atoms. The van der Waals surface area contributed by atoms with Crippen LogP contribution in [0.2, 0.25) is 0 Å². The van der Waals surface area contributed by atoms with Gasteiger partial charge in [-0.05, 0) is 17.7 Å². The Bertz CT molecular complexity index is 535. The predicted molar refractivity (Wildman–Crippen MR) is 60.7 cm³/mol. The van der Waals surface area contributed by atoms with Crippen molar-refractivity contribution in [3.05, 3.63) is 35.1 Å². The fourth-order valence-electron chi connectivity index (χ4n) is 1.64. The third-order valence-corrected chi connectivity index (χ3v) is 2.78. The van der Waals surface area contributed by atoms with Gasteiger partial charge in [0.15, 0.2) is 0 Å². The van der Waals surface area contributed by atoms with E-state index in [9.17, 15) is 30.7 Å². The number of carboxylic acid groups (broad SMARTS) is 1. The maximum absolute atomic E-state index is 12.7. The molecule has 0 radical (unpaired) electrons. The molecule has 0 saturated carbocycles. The zero-order valence-electron chi connectivity index (χ0n) is 10.7. The van der Waals surface area contributed by atoms with Gasteiger partial charge in [0.2, 0.25) is 0 Å². The van der Waals surface area contributed by atoms with E-state index < -0.39 is 29.7 Å². The molecule has 0 bridgehead atoms. The molecule has 10 heteroatoms. The number of nitrogens with one attached hydrogen (secondary N) is 1. The summed E-state index contributed by atoms with van der Waals surface area (Å²) in [7, 11) is 0. The third-order valence-electron chi connectivity index (χ3n) is 2.78. The fraction of sp³-hybridized carbons (Fsp3) is 0.417. The van der Waals surface area contributed by atoms with E-state index in [2.05, 4.69) is 5.32 Å². The van der Waals surface area contributed by atoms with Crippen LogP contribution in [-0.2, 0) is 11.0 Å². The molecule has 0 atom stereocenters. The molecule has 2 N–H and O–H groups in total. The van der Waals surface area contributed by atoms with E-state index in [0.717, 1.165) is 6.07 Å². The highest BCUT2D eigenvalue weighted by Crippen LogP contribution is 2.36. The number of carbonyl (C=O) groups is 1. The third kappa shape index (κ3) is 4.86. The molecule has 1 fully saturated rings. The Labute approximate surface area is 119 Å². The molecule has 1 aliphatic rings. The second-order valence-corrected chi connectivity index (χ2v) is 4.39. The SMILES string of the molecule is Fc1ccc(C2CNC2)c(C(F)(F)F)c1.O=C(O)C(F)(F)F. The summed E-state index contributed by atoms with van der Waals surface area (Å²) in [4.78, 5) is 8.90.